The molecule has 0 spiro atoms. The second-order valence-corrected chi connectivity index (χ2v) is 3.30. The molecule has 0 aromatic heterocycles. The number of carbonyl (C=O) groups excluding carboxylic acids is 1. The van der Waals surface area contributed by atoms with E-state index in [1.54, 1.807) is 6.92 Å². The SMILES string of the molecule is CCOC(=O)CCC1(C#N)CNC1. The van der Waals surface area contributed by atoms with Crippen LogP contribution in [0.25, 0.3) is 0 Å². The van der Waals surface area contributed by atoms with Crippen LogP contribution in [-0.2, 0) is 9.53 Å². The molecule has 0 saturated carbocycles. The fourth-order valence-corrected chi connectivity index (χ4v) is 1.31. The Morgan fingerprint density at radius 1 is 1.69 bits per heavy atom. The lowest BCUT2D eigenvalue weighted by atomic mass is 9.79. The number of rotatable bonds is 4. The van der Waals surface area contributed by atoms with Crippen molar-refractivity contribution in [2.24, 2.45) is 5.41 Å². The first-order valence-electron chi connectivity index (χ1n) is 4.50. The van der Waals surface area contributed by atoms with Crippen LogP contribution in [0.2, 0.25) is 0 Å². The van der Waals surface area contributed by atoms with Crippen LogP contribution in [-0.4, -0.2) is 25.7 Å². The molecule has 0 aliphatic carbocycles. The van der Waals surface area contributed by atoms with Crippen molar-refractivity contribution in [3.8, 4) is 6.07 Å². The van der Waals surface area contributed by atoms with Crippen LogP contribution >= 0.6 is 0 Å². The fourth-order valence-electron chi connectivity index (χ4n) is 1.31. The molecular weight excluding hydrogens is 168 g/mol. The van der Waals surface area contributed by atoms with Gasteiger partial charge in [-0.1, -0.05) is 0 Å². The van der Waals surface area contributed by atoms with Crippen LogP contribution < -0.4 is 5.32 Å². The third kappa shape index (κ3) is 2.43. The minimum Gasteiger partial charge on any atom is -0.466 e. The molecule has 1 saturated heterocycles. The average Bonchev–Trinajstić information content (AvgIpc) is 2.04. The van der Waals surface area contributed by atoms with Crippen molar-refractivity contribution < 1.29 is 9.53 Å². The van der Waals surface area contributed by atoms with Gasteiger partial charge in [-0.15, -0.1) is 0 Å². The van der Waals surface area contributed by atoms with Gasteiger partial charge in [0.2, 0.25) is 0 Å². The molecule has 4 heteroatoms. The Balaban J connectivity index is 2.25. The highest BCUT2D eigenvalue weighted by molar-refractivity contribution is 5.69. The summed E-state index contributed by atoms with van der Waals surface area (Å²) in [6, 6.07) is 2.24. The second kappa shape index (κ2) is 4.24. The van der Waals surface area contributed by atoms with Gasteiger partial charge in [0.1, 0.15) is 0 Å². The molecule has 0 bridgehead atoms. The van der Waals surface area contributed by atoms with Crippen LogP contribution in [0, 0.1) is 16.7 Å². The van der Waals surface area contributed by atoms with Crippen LogP contribution in [0.1, 0.15) is 19.8 Å². The van der Waals surface area contributed by atoms with Crippen molar-refractivity contribution >= 4 is 5.97 Å². The molecule has 0 unspecified atom stereocenters. The topological polar surface area (TPSA) is 62.1 Å². The van der Waals surface area contributed by atoms with Crippen molar-refractivity contribution in [1.29, 1.82) is 5.26 Å². The Kier molecular flexibility index (Phi) is 3.26. The van der Waals surface area contributed by atoms with Gasteiger partial charge in [-0.2, -0.15) is 5.26 Å². The van der Waals surface area contributed by atoms with Gasteiger partial charge in [0.15, 0.2) is 0 Å². The lowest BCUT2D eigenvalue weighted by Gasteiger charge is -2.35. The Labute approximate surface area is 77.9 Å². The number of esters is 1. The molecule has 0 amide bonds. The Bertz CT molecular complexity index is 228. The van der Waals surface area contributed by atoms with Gasteiger partial charge in [-0.3, -0.25) is 4.79 Å². The number of ether oxygens (including phenoxy) is 1. The number of carbonyl (C=O) groups is 1. The molecule has 0 aromatic rings. The molecule has 1 fully saturated rings. The lowest BCUT2D eigenvalue weighted by Crippen LogP contribution is -2.52. The lowest BCUT2D eigenvalue weighted by molar-refractivity contribution is -0.143. The van der Waals surface area contributed by atoms with Crippen molar-refractivity contribution in [2.75, 3.05) is 19.7 Å². The molecule has 0 aromatic carbocycles. The van der Waals surface area contributed by atoms with Crippen molar-refractivity contribution in [3.05, 3.63) is 0 Å². The first kappa shape index (κ1) is 10.0. The third-order valence-electron chi connectivity index (χ3n) is 2.28. The van der Waals surface area contributed by atoms with E-state index in [9.17, 15) is 4.79 Å². The summed E-state index contributed by atoms with van der Waals surface area (Å²) in [6.45, 7) is 3.59. The van der Waals surface area contributed by atoms with Crippen LogP contribution in [0.15, 0.2) is 0 Å². The third-order valence-corrected chi connectivity index (χ3v) is 2.28. The first-order valence-corrected chi connectivity index (χ1v) is 4.50. The number of hydrogen-bond donors (Lipinski definition) is 1. The highest BCUT2D eigenvalue weighted by Gasteiger charge is 2.37. The standard InChI is InChI=1S/C9H14N2O2/c1-2-13-8(12)3-4-9(5-10)6-11-7-9/h11H,2-4,6-7H2,1H3. The van der Waals surface area contributed by atoms with Gasteiger partial charge >= 0.3 is 5.97 Å². The fraction of sp³-hybridized carbons (Fsp3) is 0.778. The summed E-state index contributed by atoms with van der Waals surface area (Å²) in [7, 11) is 0. The molecule has 4 nitrogen and oxygen atoms in total. The summed E-state index contributed by atoms with van der Waals surface area (Å²) < 4.78 is 4.78. The van der Waals surface area contributed by atoms with E-state index < -0.39 is 0 Å². The molecule has 1 aliphatic heterocycles. The molecule has 1 aliphatic rings. The highest BCUT2D eigenvalue weighted by atomic mass is 16.5. The molecule has 0 atom stereocenters. The van der Waals surface area contributed by atoms with Crippen LogP contribution in [0.4, 0.5) is 0 Å². The average molecular weight is 182 g/mol. The van der Waals surface area contributed by atoms with Gasteiger partial charge in [0.05, 0.1) is 18.1 Å². The summed E-state index contributed by atoms with van der Waals surface area (Å²) in [5.74, 6) is -0.205. The molecule has 0 radical (unpaired) electrons. The molecular formula is C9H14N2O2. The van der Waals surface area contributed by atoms with Crippen LogP contribution in [0.5, 0.6) is 0 Å². The molecule has 1 heterocycles. The summed E-state index contributed by atoms with van der Waals surface area (Å²) in [5, 5.41) is 11.9. The summed E-state index contributed by atoms with van der Waals surface area (Å²) in [6.07, 6.45) is 0.957. The van der Waals surface area contributed by atoms with E-state index in [0.717, 1.165) is 0 Å². The van der Waals surface area contributed by atoms with E-state index in [4.69, 9.17) is 10.00 Å². The zero-order valence-electron chi connectivity index (χ0n) is 7.80. The summed E-state index contributed by atoms with van der Waals surface area (Å²) in [5.41, 5.74) is -0.313. The van der Waals surface area contributed by atoms with Crippen molar-refractivity contribution in [1.82, 2.24) is 5.32 Å². The maximum Gasteiger partial charge on any atom is 0.305 e. The van der Waals surface area contributed by atoms with E-state index in [0.29, 0.717) is 32.5 Å². The summed E-state index contributed by atoms with van der Waals surface area (Å²) >= 11 is 0. The van der Waals surface area contributed by atoms with E-state index in [1.165, 1.54) is 0 Å². The molecule has 1 rings (SSSR count). The first-order chi connectivity index (χ1) is 6.22. The highest BCUT2D eigenvalue weighted by Crippen LogP contribution is 2.27. The van der Waals surface area contributed by atoms with Gasteiger partial charge in [0.25, 0.3) is 0 Å². The predicted molar refractivity (Wildman–Crippen MR) is 46.8 cm³/mol. The van der Waals surface area contributed by atoms with Crippen molar-refractivity contribution in [3.63, 3.8) is 0 Å². The Hall–Kier alpha value is -1.08. The molecule has 1 N–H and O–H groups in total. The molecule has 72 valence electrons. The normalized spacial score (nSPS) is 18.5. The van der Waals surface area contributed by atoms with E-state index >= 15 is 0 Å². The van der Waals surface area contributed by atoms with Crippen LogP contribution in [0.3, 0.4) is 0 Å². The molecule has 13 heavy (non-hydrogen) atoms. The van der Waals surface area contributed by atoms with Gasteiger partial charge in [-0.25, -0.2) is 0 Å². The van der Waals surface area contributed by atoms with E-state index in [2.05, 4.69) is 11.4 Å². The number of nitrogens with zero attached hydrogens (tertiary/aromatic N) is 1. The van der Waals surface area contributed by atoms with Gasteiger partial charge in [0, 0.05) is 19.5 Å². The number of nitriles is 1. The number of hydrogen-bond acceptors (Lipinski definition) is 4. The van der Waals surface area contributed by atoms with E-state index in [1.807, 2.05) is 0 Å². The smallest absolute Gasteiger partial charge is 0.305 e. The predicted octanol–water partition coefficient (Wildman–Crippen LogP) is 0.443. The van der Waals surface area contributed by atoms with Crippen molar-refractivity contribution in [2.45, 2.75) is 19.8 Å². The number of nitrogens with one attached hydrogen (secondary N) is 1. The minimum atomic E-state index is -0.313. The minimum absolute atomic E-state index is 0.205. The van der Waals surface area contributed by atoms with Gasteiger partial charge in [-0.05, 0) is 13.3 Å². The zero-order valence-corrected chi connectivity index (χ0v) is 7.80. The maximum absolute atomic E-state index is 11.0. The second-order valence-electron chi connectivity index (χ2n) is 3.30. The quantitative estimate of drug-likeness (QED) is 0.641. The Morgan fingerprint density at radius 3 is 2.77 bits per heavy atom. The largest absolute Gasteiger partial charge is 0.466 e. The Morgan fingerprint density at radius 2 is 2.38 bits per heavy atom. The summed E-state index contributed by atoms with van der Waals surface area (Å²) in [4.78, 5) is 11.0. The maximum atomic E-state index is 11.0. The van der Waals surface area contributed by atoms with E-state index in [-0.39, 0.29) is 11.4 Å². The van der Waals surface area contributed by atoms with Gasteiger partial charge < -0.3 is 10.1 Å². The zero-order chi connectivity index (χ0) is 9.73. The monoisotopic (exact) mass is 182 g/mol.